The molecule has 4 aromatic rings. The van der Waals surface area contributed by atoms with Gasteiger partial charge in [-0.2, -0.15) is 0 Å². The van der Waals surface area contributed by atoms with Gasteiger partial charge in [-0.1, -0.05) is 41.7 Å². The molecule has 2 N–H and O–H groups in total. The van der Waals surface area contributed by atoms with E-state index < -0.39 is 0 Å². The second kappa shape index (κ2) is 13.4. The summed E-state index contributed by atoms with van der Waals surface area (Å²) in [6, 6.07) is 17.3. The molecule has 0 fully saturated rings. The molecule has 0 atom stereocenters. The molecule has 0 radical (unpaired) electrons. The SMILES string of the molecule is CC#CC(=NOCCNCC)c1ccc2ncnc(Nc3ccc(OCc4cccc(F)c4)c(Cl)c3)c2c1. The summed E-state index contributed by atoms with van der Waals surface area (Å²) < 4.78 is 19.2. The molecule has 0 aliphatic carbocycles. The summed E-state index contributed by atoms with van der Waals surface area (Å²) in [5.74, 6) is 6.67. The van der Waals surface area contributed by atoms with E-state index in [4.69, 9.17) is 21.2 Å². The van der Waals surface area contributed by atoms with Crippen molar-refractivity contribution in [2.45, 2.75) is 20.5 Å². The quantitative estimate of drug-likeness (QED) is 0.105. The number of fused-ring (bicyclic) bond motifs is 1. The van der Waals surface area contributed by atoms with E-state index >= 15 is 0 Å². The summed E-state index contributed by atoms with van der Waals surface area (Å²) >= 11 is 6.47. The Morgan fingerprint density at radius 1 is 1.11 bits per heavy atom. The van der Waals surface area contributed by atoms with E-state index in [1.807, 2.05) is 31.2 Å². The lowest BCUT2D eigenvalue weighted by molar-refractivity contribution is 0.147. The highest BCUT2D eigenvalue weighted by Crippen LogP contribution is 2.31. The zero-order valence-electron chi connectivity index (χ0n) is 21.1. The number of nitrogens with zero attached hydrogens (tertiary/aromatic N) is 3. The van der Waals surface area contributed by atoms with Crippen molar-refractivity contribution in [1.82, 2.24) is 15.3 Å². The maximum Gasteiger partial charge on any atom is 0.159 e. The molecular formula is C29H27ClFN5O2. The van der Waals surface area contributed by atoms with Crippen LogP contribution in [0.5, 0.6) is 5.75 Å². The monoisotopic (exact) mass is 531 g/mol. The number of anilines is 2. The van der Waals surface area contributed by atoms with E-state index in [0.29, 0.717) is 46.7 Å². The van der Waals surface area contributed by atoms with E-state index in [-0.39, 0.29) is 12.4 Å². The molecule has 194 valence electrons. The van der Waals surface area contributed by atoms with Crippen molar-refractivity contribution in [2.75, 3.05) is 25.0 Å². The van der Waals surface area contributed by atoms with Gasteiger partial charge in [0, 0.05) is 23.2 Å². The number of halogens is 2. The van der Waals surface area contributed by atoms with Crippen LogP contribution in [0.1, 0.15) is 25.0 Å². The molecule has 38 heavy (non-hydrogen) atoms. The Labute approximate surface area is 226 Å². The third-order valence-corrected chi connectivity index (χ3v) is 5.70. The average Bonchev–Trinajstić information content (AvgIpc) is 2.92. The number of rotatable bonds is 11. The fraction of sp³-hybridized carbons (Fsp3) is 0.207. The number of hydrogen-bond donors (Lipinski definition) is 2. The molecular weight excluding hydrogens is 505 g/mol. The van der Waals surface area contributed by atoms with Crippen molar-refractivity contribution >= 4 is 39.7 Å². The summed E-state index contributed by atoms with van der Waals surface area (Å²) in [5, 5.41) is 11.9. The fourth-order valence-corrected chi connectivity index (χ4v) is 3.83. The number of benzene rings is 3. The standard InChI is InChI=1S/C29H27ClFN5O2/c1-3-6-26(36-38-14-13-32-4-2)21-9-11-27-24(16-21)29(34-19-33-27)35-23-10-12-28(25(30)17-23)37-18-20-7-5-8-22(31)15-20/h5,7-12,15-17,19,32H,4,13-14,18H2,1-2H3,(H,33,34,35). The molecule has 0 spiro atoms. The van der Waals surface area contributed by atoms with Crippen LogP contribution in [-0.4, -0.2) is 35.4 Å². The summed E-state index contributed by atoms with van der Waals surface area (Å²) in [4.78, 5) is 14.3. The molecule has 9 heteroatoms. The van der Waals surface area contributed by atoms with Crippen molar-refractivity contribution in [2.24, 2.45) is 5.16 Å². The highest BCUT2D eigenvalue weighted by atomic mass is 35.5. The summed E-state index contributed by atoms with van der Waals surface area (Å²) in [6.07, 6.45) is 1.49. The molecule has 0 aliphatic rings. The van der Waals surface area contributed by atoms with Crippen molar-refractivity contribution in [3.05, 3.63) is 89.0 Å². The first-order valence-electron chi connectivity index (χ1n) is 12.1. The minimum atomic E-state index is -0.311. The largest absolute Gasteiger partial charge is 0.487 e. The van der Waals surface area contributed by atoms with Crippen molar-refractivity contribution in [1.29, 1.82) is 0 Å². The number of hydrogen-bond acceptors (Lipinski definition) is 7. The lowest BCUT2D eigenvalue weighted by Crippen LogP contribution is -2.18. The molecule has 3 aromatic carbocycles. The van der Waals surface area contributed by atoms with Gasteiger partial charge in [0.1, 0.15) is 36.9 Å². The Bertz CT molecular complexity index is 1500. The first kappa shape index (κ1) is 26.9. The number of nitrogens with one attached hydrogen (secondary N) is 2. The summed E-state index contributed by atoms with van der Waals surface area (Å²) in [5.41, 5.74) is 3.48. The van der Waals surface area contributed by atoms with E-state index in [2.05, 4.69) is 37.6 Å². The topological polar surface area (TPSA) is 80.7 Å². The molecule has 0 bridgehead atoms. The minimum absolute atomic E-state index is 0.201. The van der Waals surface area contributed by atoms with Gasteiger partial charge in [0.2, 0.25) is 0 Å². The Kier molecular flexibility index (Phi) is 9.46. The number of ether oxygens (including phenoxy) is 1. The van der Waals surface area contributed by atoms with Crippen LogP contribution in [0.4, 0.5) is 15.9 Å². The third kappa shape index (κ3) is 7.19. The van der Waals surface area contributed by atoms with Gasteiger partial charge in [0.15, 0.2) is 5.71 Å². The van der Waals surface area contributed by atoms with Gasteiger partial charge in [-0.25, -0.2) is 14.4 Å². The predicted octanol–water partition coefficient (Wildman–Crippen LogP) is 6.10. The molecule has 4 rings (SSSR count). The molecule has 0 amide bonds. The minimum Gasteiger partial charge on any atom is -0.487 e. The van der Waals surface area contributed by atoms with Crippen LogP contribution >= 0.6 is 11.6 Å². The molecule has 1 aromatic heterocycles. The maximum atomic E-state index is 13.4. The average molecular weight is 532 g/mol. The highest BCUT2D eigenvalue weighted by Gasteiger charge is 2.11. The van der Waals surface area contributed by atoms with Gasteiger partial charge in [0.25, 0.3) is 0 Å². The smallest absolute Gasteiger partial charge is 0.159 e. The van der Waals surface area contributed by atoms with E-state index in [0.717, 1.165) is 23.0 Å². The Morgan fingerprint density at radius 2 is 2.00 bits per heavy atom. The highest BCUT2D eigenvalue weighted by molar-refractivity contribution is 6.32. The normalized spacial score (nSPS) is 11.1. The molecule has 0 saturated carbocycles. The molecule has 0 unspecified atom stereocenters. The van der Waals surface area contributed by atoms with Gasteiger partial charge in [0.05, 0.1) is 10.5 Å². The van der Waals surface area contributed by atoms with E-state index in [9.17, 15) is 4.39 Å². The Balaban J connectivity index is 1.53. The zero-order valence-corrected chi connectivity index (χ0v) is 21.8. The lowest BCUT2D eigenvalue weighted by Gasteiger charge is -2.12. The summed E-state index contributed by atoms with van der Waals surface area (Å²) in [6.45, 7) is 5.99. The van der Waals surface area contributed by atoms with Gasteiger partial charge < -0.3 is 20.2 Å². The van der Waals surface area contributed by atoms with E-state index in [1.54, 1.807) is 31.2 Å². The van der Waals surface area contributed by atoms with Crippen molar-refractivity contribution in [3.63, 3.8) is 0 Å². The first-order valence-corrected chi connectivity index (χ1v) is 12.5. The second-order valence-corrected chi connectivity index (χ2v) is 8.55. The van der Waals surface area contributed by atoms with Crippen molar-refractivity contribution < 1.29 is 14.0 Å². The number of aromatic nitrogens is 2. The Hall–Kier alpha value is -4.19. The van der Waals surface area contributed by atoms with Crippen LogP contribution in [0.25, 0.3) is 10.9 Å². The Morgan fingerprint density at radius 3 is 2.79 bits per heavy atom. The number of likely N-dealkylation sites (N-methyl/N-ethyl adjacent to an activating group) is 1. The molecule has 0 aliphatic heterocycles. The van der Waals surface area contributed by atoms with Crippen molar-refractivity contribution in [3.8, 4) is 17.6 Å². The van der Waals surface area contributed by atoms with Crippen LogP contribution in [0, 0.1) is 17.7 Å². The summed E-state index contributed by atoms with van der Waals surface area (Å²) in [7, 11) is 0. The van der Waals surface area contributed by atoms with Gasteiger partial charge in [-0.3, -0.25) is 0 Å². The molecule has 1 heterocycles. The van der Waals surface area contributed by atoms with Gasteiger partial charge in [-0.15, -0.1) is 0 Å². The van der Waals surface area contributed by atoms with Crippen LogP contribution in [-0.2, 0) is 11.4 Å². The number of oxime groups is 1. The first-order chi connectivity index (χ1) is 18.6. The van der Waals surface area contributed by atoms with Gasteiger partial charge in [-0.05, 0) is 73.5 Å². The lowest BCUT2D eigenvalue weighted by atomic mass is 10.1. The third-order valence-electron chi connectivity index (χ3n) is 5.41. The van der Waals surface area contributed by atoms with Gasteiger partial charge >= 0.3 is 0 Å². The van der Waals surface area contributed by atoms with E-state index in [1.165, 1.54) is 18.5 Å². The van der Waals surface area contributed by atoms with Crippen LogP contribution in [0.15, 0.2) is 72.1 Å². The maximum absolute atomic E-state index is 13.4. The van der Waals surface area contributed by atoms with Crippen LogP contribution in [0.3, 0.4) is 0 Å². The van der Waals surface area contributed by atoms with Crippen LogP contribution in [0.2, 0.25) is 5.02 Å². The predicted molar refractivity (Wildman–Crippen MR) is 149 cm³/mol. The second-order valence-electron chi connectivity index (χ2n) is 8.14. The molecule has 7 nitrogen and oxygen atoms in total. The fourth-order valence-electron chi connectivity index (χ4n) is 3.59. The zero-order chi connectivity index (χ0) is 26.7. The van der Waals surface area contributed by atoms with Crippen LogP contribution < -0.4 is 15.4 Å². The molecule has 0 saturated heterocycles.